The maximum atomic E-state index is 10.2. The molecule has 0 rings (SSSR count). The first-order valence-electron chi connectivity index (χ1n) is 4.39. The number of rotatable bonds is 4. The molecule has 0 unspecified atom stereocenters. The molecule has 0 saturated heterocycles. The van der Waals surface area contributed by atoms with E-state index in [2.05, 4.69) is 17.6 Å². The molecule has 3 N–H and O–H groups in total. The van der Waals surface area contributed by atoms with Crippen LogP contribution in [-0.2, 0) is 9.59 Å². The Bertz CT molecular complexity index is 157. The van der Waals surface area contributed by atoms with Crippen LogP contribution in [0.25, 0.3) is 0 Å². The molecule has 0 aliphatic rings. The van der Waals surface area contributed by atoms with Crippen molar-refractivity contribution < 1.29 is 9.59 Å². The van der Waals surface area contributed by atoms with E-state index in [0.717, 1.165) is 6.54 Å². The van der Waals surface area contributed by atoms with Gasteiger partial charge in [0.25, 0.3) is 0 Å². The molecule has 0 aromatic rings. The van der Waals surface area contributed by atoms with Crippen molar-refractivity contribution in [2.75, 3.05) is 20.6 Å². The molecule has 15 heavy (non-hydrogen) atoms. The average molecular weight is 218 g/mol. The molecule has 0 radical (unpaired) electrons. The molecule has 0 atom stereocenters. The number of hydrogen-bond acceptors (Lipinski definition) is 4. The van der Waals surface area contributed by atoms with Crippen LogP contribution < -0.4 is 11.1 Å². The van der Waals surface area contributed by atoms with Gasteiger partial charge in [-0.05, 0) is 34.0 Å². The molecule has 0 fully saturated rings. The van der Waals surface area contributed by atoms with Gasteiger partial charge in [0.15, 0.2) is 5.78 Å². The second kappa shape index (κ2) is 23.1. The Morgan fingerprint density at radius 3 is 1.73 bits per heavy atom. The Labute approximate surface area is 93.9 Å². The van der Waals surface area contributed by atoms with E-state index < -0.39 is 0 Å². The molecule has 4 nitrogen and oxygen atoms in total. The van der Waals surface area contributed by atoms with Crippen LogP contribution in [0.3, 0.4) is 0 Å². The Morgan fingerprint density at radius 1 is 1.33 bits per heavy atom. The van der Waals surface area contributed by atoms with Crippen LogP contribution in [0.1, 0.15) is 27.7 Å². The zero-order chi connectivity index (χ0) is 12.0. The normalized spacial score (nSPS) is 6.73. The lowest BCUT2D eigenvalue weighted by atomic mass is 10.3. The average Bonchev–Trinajstić information content (AvgIpc) is 2.18. The van der Waals surface area contributed by atoms with E-state index in [1.807, 2.05) is 7.05 Å². The van der Waals surface area contributed by atoms with Crippen molar-refractivity contribution in [3.63, 3.8) is 0 Å². The van der Waals surface area contributed by atoms with Crippen LogP contribution in [0.15, 0.2) is 12.7 Å². The van der Waals surface area contributed by atoms with E-state index >= 15 is 0 Å². The third-order valence-electron chi connectivity index (χ3n) is 1.01. The van der Waals surface area contributed by atoms with E-state index in [0.29, 0.717) is 6.42 Å². The van der Waals surface area contributed by atoms with Crippen LogP contribution in [0, 0.1) is 0 Å². The summed E-state index contributed by atoms with van der Waals surface area (Å²) in [4.78, 5) is 19.9. The van der Waals surface area contributed by atoms with Gasteiger partial charge in [0.05, 0.1) is 0 Å². The first-order valence-corrected chi connectivity index (χ1v) is 4.39. The lowest BCUT2D eigenvalue weighted by Crippen LogP contribution is -2.10. The highest BCUT2D eigenvalue weighted by molar-refractivity contribution is 5.86. The Hall–Kier alpha value is -1.00. The molecular formula is C11H26N2O2. The second-order valence-electron chi connectivity index (χ2n) is 2.37. The van der Waals surface area contributed by atoms with Gasteiger partial charge in [-0.25, -0.2) is 0 Å². The summed E-state index contributed by atoms with van der Waals surface area (Å²) in [5.74, 6) is 0.263. The molecular weight excluding hydrogens is 192 g/mol. The summed E-state index contributed by atoms with van der Waals surface area (Å²) in [6.45, 7) is 7.07. The van der Waals surface area contributed by atoms with Crippen molar-refractivity contribution in [2.24, 2.45) is 5.73 Å². The van der Waals surface area contributed by atoms with Gasteiger partial charge in [-0.1, -0.05) is 14.0 Å². The molecule has 0 aliphatic heterocycles. The van der Waals surface area contributed by atoms with Crippen LogP contribution in [0.4, 0.5) is 0 Å². The van der Waals surface area contributed by atoms with E-state index in [4.69, 9.17) is 0 Å². The minimum Gasteiger partial charge on any atom is -0.333 e. The molecule has 92 valence electrons. The van der Waals surface area contributed by atoms with Crippen LogP contribution >= 0.6 is 0 Å². The molecule has 4 heteroatoms. The highest BCUT2D eigenvalue weighted by atomic mass is 16.1. The Balaban J connectivity index is -0.0000000675. The van der Waals surface area contributed by atoms with Crippen molar-refractivity contribution >= 4 is 11.6 Å². The summed E-state index contributed by atoms with van der Waals surface area (Å²) in [5, 5.41) is 2.88. The van der Waals surface area contributed by atoms with E-state index in [1.54, 1.807) is 6.92 Å². The number of nitrogens with one attached hydrogen (secondary N) is 1. The summed E-state index contributed by atoms with van der Waals surface area (Å²) in [6, 6.07) is 0. The Morgan fingerprint density at radius 2 is 1.67 bits per heavy atom. The number of hydrogen-bond donors (Lipinski definition) is 2. The zero-order valence-electron chi connectivity index (χ0n) is 9.59. The van der Waals surface area contributed by atoms with Crippen molar-refractivity contribution in [1.82, 2.24) is 5.32 Å². The van der Waals surface area contributed by atoms with Crippen LogP contribution in [0.5, 0.6) is 0 Å². The van der Waals surface area contributed by atoms with E-state index in [1.165, 1.54) is 20.0 Å². The number of allylic oxidation sites excluding steroid dienone is 1. The monoisotopic (exact) mass is 218 g/mol. The highest BCUT2D eigenvalue weighted by Gasteiger charge is 1.86. The summed E-state index contributed by atoms with van der Waals surface area (Å²) >= 11 is 0. The molecule has 0 aromatic heterocycles. The maximum Gasteiger partial charge on any atom is 0.152 e. The predicted octanol–water partition coefficient (Wildman–Crippen LogP) is 1.16. The molecule has 0 spiro atoms. The molecule has 0 saturated carbocycles. The number of carbonyl (C=O) groups excluding carboxylic acids is 2. The van der Waals surface area contributed by atoms with Crippen molar-refractivity contribution in [3.05, 3.63) is 12.7 Å². The SMILES string of the molecule is C.C=CC(C)=O.CN.CNCCC(C)=O. The smallest absolute Gasteiger partial charge is 0.152 e. The first-order chi connectivity index (χ1) is 6.54. The van der Waals surface area contributed by atoms with Gasteiger partial charge in [0, 0.05) is 13.0 Å². The zero-order valence-corrected chi connectivity index (χ0v) is 9.59. The summed E-state index contributed by atoms with van der Waals surface area (Å²) in [7, 11) is 3.34. The first kappa shape index (κ1) is 23.7. The van der Waals surface area contributed by atoms with Crippen LogP contribution in [-0.4, -0.2) is 32.2 Å². The third-order valence-corrected chi connectivity index (χ3v) is 1.01. The summed E-state index contributed by atoms with van der Waals surface area (Å²) in [5.41, 5.74) is 4.50. The van der Waals surface area contributed by atoms with Gasteiger partial charge in [0.1, 0.15) is 5.78 Å². The topological polar surface area (TPSA) is 72.2 Å². The summed E-state index contributed by atoms with van der Waals surface area (Å²) in [6.07, 6.45) is 1.93. The van der Waals surface area contributed by atoms with E-state index in [-0.39, 0.29) is 19.0 Å². The fourth-order valence-corrected chi connectivity index (χ4v) is 0.301. The van der Waals surface area contributed by atoms with Crippen molar-refractivity contribution in [2.45, 2.75) is 27.7 Å². The predicted molar refractivity (Wildman–Crippen MR) is 66.9 cm³/mol. The van der Waals surface area contributed by atoms with E-state index in [9.17, 15) is 9.59 Å². The standard InChI is InChI=1S/C5H11NO.C4H6O.CH5N.CH4/c1-5(7)3-4-6-2;1-3-4(2)5;1-2;/h6H,3-4H2,1-2H3;3H,1H2,2H3;2H2,1H3;1H4. The van der Waals surface area contributed by atoms with Gasteiger partial charge in [-0.15, -0.1) is 0 Å². The number of Topliss-reactive ketones (excluding diaryl/α,β-unsaturated/α-hetero) is 1. The summed E-state index contributed by atoms with van der Waals surface area (Å²) < 4.78 is 0. The molecule has 0 bridgehead atoms. The van der Waals surface area contributed by atoms with Gasteiger partial charge in [0.2, 0.25) is 0 Å². The molecule has 0 heterocycles. The van der Waals surface area contributed by atoms with Crippen LogP contribution in [0.2, 0.25) is 0 Å². The lowest BCUT2D eigenvalue weighted by molar-refractivity contribution is -0.117. The Kier molecular flexibility index (Phi) is 36.5. The highest BCUT2D eigenvalue weighted by Crippen LogP contribution is 1.74. The number of nitrogens with two attached hydrogens (primary N) is 1. The maximum absolute atomic E-state index is 10.2. The molecule has 0 aromatic carbocycles. The third kappa shape index (κ3) is 62.9. The van der Waals surface area contributed by atoms with Gasteiger partial charge < -0.3 is 11.1 Å². The second-order valence-corrected chi connectivity index (χ2v) is 2.37. The van der Waals surface area contributed by atoms with Gasteiger partial charge in [-0.3, -0.25) is 9.59 Å². The number of carbonyl (C=O) groups is 2. The van der Waals surface area contributed by atoms with Crippen molar-refractivity contribution in [1.29, 1.82) is 0 Å². The van der Waals surface area contributed by atoms with Crippen molar-refractivity contribution in [3.8, 4) is 0 Å². The molecule has 0 amide bonds. The fraction of sp³-hybridized carbons (Fsp3) is 0.636. The molecule has 0 aliphatic carbocycles. The minimum absolute atomic E-state index is 0. The minimum atomic E-state index is 0. The van der Waals surface area contributed by atoms with Gasteiger partial charge >= 0.3 is 0 Å². The quantitative estimate of drug-likeness (QED) is 0.694. The number of ketones is 2. The largest absolute Gasteiger partial charge is 0.333 e. The fourth-order valence-electron chi connectivity index (χ4n) is 0.301. The lowest BCUT2D eigenvalue weighted by Gasteiger charge is -1.89. The van der Waals surface area contributed by atoms with Gasteiger partial charge in [-0.2, -0.15) is 0 Å².